The molecule has 0 aliphatic carbocycles. The smallest absolute Gasteiger partial charge is 0.296 e. The summed E-state index contributed by atoms with van der Waals surface area (Å²) in [5.74, 6) is 0.887. The average Bonchev–Trinajstić information content (AvgIpc) is 3.36. The summed E-state index contributed by atoms with van der Waals surface area (Å²) < 4.78 is 42.8. The van der Waals surface area contributed by atoms with E-state index in [1.165, 1.54) is 11.9 Å². The number of amidine groups is 1. The zero-order valence-electron chi connectivity index (χ0n) is 16.8. The van der Waals surface area contributed by atoms with Crippen LogP contribution in [0.25, 0.3) is 0 Å². The van der Waals surface area contributed by atoms with Gasteiger partial charge in [-0.15, -0.1) is 0 Å². The number of aryl methyl sites for hydroxylation is 1. The van der Waals surface area contributed by atoms with E-state index in [2.05, 4.69) is 20.3 Å². The molecule has 1 saturated heterocycles. The van der Waals surface area contributed by atoms with E-state index in [9.17, 15) is 13.2 Å². The molecule has 4 rings (SSSR count). The van der Waals surface area contributed by atoms with Gasteiger partial charge in [-0.05, 0) is 17.7 Å². The van der Waals surface area contributed by atoms with Gasteiger partial charge in [-0.3, -0.25) is 19.2 Å². The van der Waals surface area contributed by atoms with Crippen molar-refractivity contribution in [2.45, 2.75) is 6.42 Å². The fourth-order valence-electron chi connectivity index (χ4n) is 3.05. The number of likely N-dealkylation sites (N-methyl/N-ethyl adjacent to an activating group) is 1. The number of carbonyl (C=O) groups excluding carboxylic acids is 1. The zero-order chi connectivity index (χ0) is 22.2. The molecule has 3 heterocycles. The van der Waals surface area contributed by atoms with Crippen molar-refractivity contribution >= 4 is 33.8 Å². The molecule has 1 aromatic carbocycles. The Hall–Kier alpha value is -3.45. The van der Waals surface area contributed by atoms with Gasteiger partial charge in [0.2, 0.25) is 24.5 Å². The lowest BCUT2D eigenvalue weighted by Gasteiger charge is -2.06. The van der Waals surface area contributed by atoms with Crippen LogP contribution in [0.4, 0.5) is 5.95 Å². The first kappa shape index (κ1) is 20.8. The van der Waals surface area contributed by atoms with E-state index in [-0.39, 0.29) is 25.1 Å². The van der Waals surface area contributed by atoms with Crippen LogP contribution in [-0.2, 0) is 28.4 Å². The summed E-state index contributed by atoms with van der Waals surface area (Å²) in [6.07, 6.45) is 2.35. The molecule has 2 aliphatic rings. The predicted octanol–water partition coefficient (Wildman–Crippen LogP) is 0.0750. The maximum Gasteiger partial charge on any atom is 0.296 e. The molecule has 2 N–H and O–H groups in total. The lowest BCUT2D eigenvalue weighted by atomic mass is 10.1. The fraction of sp³-hybridized carbons (Fsp3) is 0.333. The van der Waals surface area contributed by atoms with Gasteiger partial charge in [0, 0.05) is 26.7 Å². The van der Waals surface area contributed by atoms with Gasteiger partial charge in [0.25, 0.3) is 16.0 Å². The Balaban J connectivity index is 1.49. The number of fused-ring (bicyclic) bond motifs is 1. The van der Waals surface area contributed by atoms with Crippen molar-refractivity contribution in [1.29, 1.82) is 0 Å². The number of hydrogen-bond donors (Lipinski definition) is 2. The van der Waals surface area contributed by atoms with E-state index in [1.807, 2.05) is 24.4 Å². The number of carbonyl (C=O) groups is 1. The minimum atomic E-state index is -4.14. The van der Waals surface area contributed by atoms with Gasteiger partial charge in [-0.1, -0.05) is 6.07 Å². The maximum atomic E-state index is 12.4. The minimum absolute atomic E-state index is 0.0106. The van der Waals surface area contributed by atoms with Crippen LogP contribution < -0.4 is 14.8 Å². The number of ether oxygens (including phenoxy) is 2. The minimum Gasteiger partial charge on any atom is -0.454 e. The van der Waals surface area contributed by atoms with Gasteiger partial charge in [0.1, 0.15) is 0 Å². The molecule has 0 spiro atoms. The normalized spacial score (nSPS) is 18.3. The zero-order valence-corrected chi connectivity index (χ0v) is 17.6. The van der Waals surface area contributed by atoms with Crippen LogP contribution in [0.1, 0.15) is 11.3 Å². The van der Waals surface area contributed by atoms with Crippen molar-refractivity contribution in [3.05, 3.63) is 35.7 Å². The van der Waals surface area contributed by atoms with E-state index in [0.717, 1.165) is 11.3 Å². The average molecular weight is 448 g/mol. The maximum absolute atomic E-state index is 12.4. The molecule has 2 aromatic rings. The second-order valence-electron chi connectivity index (χ2n) is 6.95. The highest BCUT2D eigenvalue weighted by atomic mass is 32.2. The van der Waals surface area contributed by atoms with Crippen LogP contribution in [0.5, 0.6) is 11.5 Å². The van der Waals surface area contributed by atoms with Crippen molar-refractivity contribution in [1.82, 2.24) is 19.8 Å². The summed E-state index contributed by atoms with van der Waals surface area (Å²) >= 11 is 0. The van der Waals surface area contributed by atoms with Gasteiger partial charge in [0.15, 0.2) is 11.5 Å². The Morgan fingerprint density at radius 2 is 2.03 bits per heavy atom. The number of amides is 1. The Morgan fingerprint density at radius 3 is 2.81 bits per heavy atom. The molecule has 0 bridgehead atoms. The molecular weight excluding hydrogens is 428 g/mol. The summed E-state index contributed by atoms with van der Waals surface area (Å²) in [6, 6.07) is 5.68. The quantitative estimate of drug-likeness (QED) is 0.590. The van der Waals surface area contributed by atoms with Gasteiger partial charge in [0.05, 0.1) is 18.0 Å². The molecule has 1 fully saturated rings. The fourth-order valence-corrected chi connectivity index (χ4v) is 3.38. The first-order valence-electron chi connectivity index (χ1n) is 9.24. The second-order valence-corrected chi connectivity index (χ2v) is 8.52. The molecule has 31 heavy (non-hydrogen) atoms. The van der Waals surface area contributed by atoms with Crippen molar-refractivity contribution in [2.75, 3.05) is 26.1 Å². The first-order valence-corrected chi connectivity index (χ1v) is 10.8. The summed E-state index contributed by atoms with van der Waals surface area (Å²) in [4.78, 5) is 26.4. The number of hydrogen-bond acceptors (Lipinski definition) is 8. The molecule has 13 heteroatoms. The van der Waals surface area contributed by atoms with Crippen LogP contribution in [-0.4, -0.2) is 71.3 Å². The van der Waals surface area contributed by atoms with Crippen LogP contribution in [0.3, 0.4) is 0 Å². The number of nitrogens with one attached hydrogen (secondary N) is 1. The van der Waals surface area contributed by atoms with E-state index < -0.39 is 21.8 Å². The van der Waals surface area contributed by atoms with E-state index in [0.29, 0.717) is 23.9 Å². The van der Waals surface area contributed by atoms with Crippen LogP contribution in [0.15, 0.2) is 34.4 Å². The van der Waals surface area contributed by atoms with Gasteiger partial charge in [-0.25, -0.2) is 4.98 Å². The van der Waals surface area contributed by atoms with Crippen molar-refractivity contribution in [3.63, 3.8) is 0 Å². The highest BCUT2D eigenvalue weighted by molar-refractivity contribution is 7.85. The molecule has 0 atom stereocenters. The molecule has 2 aliphatic heterocycles. The Morgan fingerprint density at radius 1 is 1.26 bits per heavy atom. The summed E-state index contributed by atoms with van der Waals surface area (Å²) in [6.45, 7) is 0.00867. The number of aliphatic imine (C=N–C) groups is 2. The number of rotatable bonds is 6. The molecule has 1 aromatic heterocycles. The summed E-state index contributed by atoms with van der Waals surface area (Å²) in [5, 5.41) is 2.76. The molecule has 0 radical (unpaired) electrons. The van der Waals surface area contributed by atoms with E-state index in [4.69, 9.17) is 14.0 Å². The Bertz CT molecular complexity index is 1200. The predicted molar refractivity (Wildman–Crippen MR) is 110 cm³/mol. The largest absolute Gasteiger partial charge is 0.454 e. The molecule has 0 saturated carbocycles. The standard InChI is InChI=1S/C18H20N6O6S/c1-23-9-12(7-11-3-4-13-14(8-11)30-10-29-13)20-18(23)22-15-16(25)24(2)17(21-15)19-5-6-31(26,27)28/h3-4,8-9H,5-7,10H2,1-2H3,(H,26,27,28)(H,19,20,21,22). The van der Waals surface area contributed by atoms with Crippen molar-refractivity contribution < 1.29 is 27.2 Å². The summed E-state index contributed by atoms with van der Waals surface area (Å²) in [5.41, 5.74) is 1.74. The molecular formula is C18H20N6O6S. The lowest BCUT2D eigenvalue weighted by molar-refractivity contribution is -0.119. The third-order valence-corrected chi connectivity index (χ3v) is 5.30. The molecule has 164 valence electrons. The second kappa shape index (κ2) is 8.00. The van der Waals surface area contributed by atoms with E-state index >= 15 is 0 Å². The molecule has 0 unspecified atom stereocenters. The monoisotopic (exact) mass is 448 g/mol. The Kier molecular flexibility index (Phi) is 5.37. The molecule has 12 nitrogen and oxygen atoms in total. The number of imidazole rings is 1. The van der Waals surface area contributed by atoms with Crippen LogP contribution in [0, 0.1) is 0 Å². The molecule has 1 amide bonds. The van der Waals surface area contributed by atoms with E-state index in [1.54, 1.807) is 11.6 Å². The number of benzene rings is 1. The van der Waals surface area contributed by atoms with Gasteiger partial charge >= 0.3 is 0 Å². The highest BCUT2D eigenvalue weighted by Gasteiger charge is 2.31. The first-order chi connectivity index (χ1) is 14.7. The number of guanidine groups is 1. The number of aromatic nitrogens is 2. The SMILES string of the molecule is CN1C(=O)/C(=N/c2nc(Cc3ccc4c(c3)OCO4)cn2C)NC1=NCCS(=O)(=O)O. The van der Waals surface area contributed by atoms with Gasteiger partial charge in [-0.2, -0.15) is 13.4 Å². The van der Waals surface area contributed by atoms with Gasteiger partial charge < -0.3 is 19.4 Å². The Labute approximate surface area is 178 Å². The third kappa shape index (κ3) is 4.67. The van der Waals surface area contributed by atoms with Crippen molar-refractivity contribution in [3.8, 4) is 11.5 Å². The third-order valence-electron chi connectivity index (χ3n) is 4.60. The summed E-state index contributed by atoms with van der Waals surface area (Å²) in [7, 11) is -0.894. The van der Waals surface area contributed by atoms with Crippen LogP contribution >= 0.6 is 0 Å². The van der Waals surface area contributed by atoms with Crippen LogP contribution in [0.2, 0.25) is 0 Å². The highest BCUT2D eigenvalue weighted by Crippen LogP contribution is 2.33. The topological polar surface area (TPSA) is 148 Å². The van der Waals surface area contributed by atoms with Crippen molar-refractivity contribution in [2.24, 2.45) is 17.0 Å². The number of nitrogens with zero attached hydrogens (tertiary/aromatic N) is 5. The lowest BCUT2D eigenvalue weighted by Crippen LogP contribution is -2.29.